The highest BCUT2D eigenvalue weighted by atomic mass is 16.3. The molecule has 0 aromatic carbocycles. The Morgan fingerprint density at radius 2 is 2.08 bits per heavy atom. The summed E-state index contributed by atoms with van der Waals surface area (Å²) >= 11 is 0. The van der Waals surface area contributed by atoms with Crippen LogP contribution in [0.5, 0.6) is 0 Å². The van der Waals surface area contributed by atoms with Crippen LogP contribution in [-0.2, 0) is 0 Å². The Morgan fingerprint density at radius 1 is 1.50 bits per heavy atom. The highest BCUT2D eigenvalue weighted by Crippen LogP contribution is 2.60. The first-order chi connectivity index (χ1) is 5.68. The van der Waals surface area contributed by atoms with Crippen LogP contribution >= 0.6 is 0 Å². The van der Waals surface area contributed by atoms with E-state index in [0.717, 1.165) is 25.7 Å². The van der Waals surface area contributed by atoms with Crippen LogP contribution in [0.1, 0.15) is 25.7 Å². The van der Waals surface area contributed by atoms with Crippen LogP contribution in [0.25, 0.3) is 0 Å². The fraction of sp³-hybridized carbons (Fsp3) is 0.700. The normalized spacial score (nSPS) is 29.6. The summed E-state index contributed by atoms with van der Waals surface area (Å²) in [5.74, 6) is 2.61. The SMILES string of the molecule is C#CC(O)(C1CC1)C1(C#N)CC1. The topological polar surface area (TPSA) is 44.0 Å². The summed E-state index contributed by atoms with van der Waals surface area (Å²) in [6, 6.07) is 2.17. The van der Waals surface area contributed by atoms with Crippen molar-refractivity contribution in [3.63, 3.8) is 0 Å². The van der Waals surface area contributed by atoms with Gasteiger partial charge in [0.25, 0.3) is 0 Å². The molecule has 12 heavy (non-hydrogen) atoms. The van der Waals surface area contributed by atoms with Crippen LogP contribution in [0.15, 0.2) is 0 Å². The molecule has 0 aromatic rings. The van der Waals surface area contributed by atoms with Gasteiger partial charge in [-0.1, -0.05) is 5.92 Å². The van der Waals surface area contributed by atoms with Crippen LogP contribution in [0.2, 0.25) is 0 Å². The molecule has 2 nitrogen and oxygen atoms in total. The lowest BCUT2D eigenvalue weighted by Gasteiger charge is -2.26. The van der Waals surface area contributed by atoms with Crippen LogP contribution in [0.3, 0.4) is 0 Å². The lowest BCUT2D eigenvalue weighted by Crippen LogP contribution is -2.39. The van der Waals surface area contributed by atoms with Crippen molar-refractivity contribution in [1.29, 1.82) is 5.26 Å². The standard InChI is InChI=1S/C10H11NO/c1-2-10(12,8-3-4-8)9(7-11)5-6-9/h1,8,12H,3-6H2. The van der Waals surface area contributed by atoms with Gasteiger partial charge in [-0.05, 0) is 25.7 Å². The summed E-state index contributed by atoms with van der Waals surface area (Å²) in [5, 5.41) is 19.0. The van der Waals surface area contributed by atoms with Gasteiger partial charge in [0.15, 0.2) is 0 Å². The first-order valence-corrected chi connectivity index (χ1v) is 4.30. The summed E-state index contributed by atoms with van der Waals surface area (Å²) in [6.07, 6.45) is 8.78. The Morgan fingerprint density at radius 3 is 2.33 bits per heavy atom. The van der Waals surface area contributed by atoms with Gasteiger partial charge in [-0.3, -0.25) is 0 Å². The number of hydrogen-bond acceptors (Lipinski definition) is 2. The lowest BCUT2D eigenvalue weighted by atomic mass is 9.82. The zero-order valence-corrected chi connectivity index (χ0v) is 6.88. The molecule has 2 aliphatic rings. The maximum Gasteiger partial charge on any atom is 0.146 e. The average molecular weight is 161 g/mol. The Bertz CT molecular complexity index is 288. The Balaban J connectivity index is 2.30. The van der Waals surface area contributed by atoms with E-state index in [-0.39, 0.29) is 5.92 Å². The van der Waals surface area contributed by atoms with Crippen LogP contribution < -0.4 is 0 Å². The molecular weight excluding hydrogens is 150 g/mol. The average Bonchev–Trinajstić information content (AvgIpc) is 2.93. The monoisotopic (exact) mass is 161 g/mol. The second-order valence-corrected chi connectivity index (χ2v) is 3.88. The smallest absolute Gasteiger partial charge is 0.146 e. The minimum Gasteiger partial charge on any atom is -0.376 e. The van der Waals surface area contributed by atoms with Crippen molar-refractivity contribution in [1.82, 2.24) is 0 Å². The first kappa shape index (κ1) is 7.65. The molecule has 0 aliphatic heterocycles. The number of nitrogens with zero attached hydrogens (tertiary/aromatic N) is 1. The maximum absolute atomic E-state index is 10.1. The van der Waals surface area contributed by atoms with E-state index < -0.39 is 11.0 Å². The highest BCUT2D eigenvalue weighted by molar-refractivity contribution is 5.32. The summed E-state index contributed by atoms with van der Waals surface area (Å²) < 4.78 is 0. The molecule has 2 fully saturated rings. The van der Waals surface area contributed by atoms with Crippen molar-refractivity contribution in [2.24, 2.45) is 11.3 Å². The Labute approximate surface area is 72.2 Å². The van der Waals surface area contributed by atoms with Gasteiger partial charge >= 0.3 is 0 Å². The fourth-order valence-electron chi connectivity index (χ4n) is 1.85. The van der Waals surface area contributed by atoms with Crippen molar-refractivity contribution in [3.8, 4) is 18.4 Å². The van der Waals surface area contributed by atoms with E-state index in [1.54, 1.807) is 0 Å². The molecule has 2 heteroatoms. The second kappa shape index (κ2) is 2.03. The molecule has 0 aromatic heterocycles. The van der Waals surface area contributed by atoms with Gasteiger partial charge in [-0.25, -0.2) is 0 Å². The van der Waals surface area contributed by atoms with E-state index in [1.807, 2.05) is 0 Å². The van der Waals surface area contributed by atoms with Gasteiger partial charge < -0.3 is 5.11 Å². The lowest BCUT2D eigenvalue weighted by molar-refractivity contribution is 0.0268. The molecule has 0 heterocycles. The third-order valence-electron chi connectivity index (χ3n) is 3.08. The zero-order chi connectivity index (χ0) is 8.82. The van der Waals surface area contributed by atoms with Crippen molar-refractivity contribution in [2.45, 2.75) is 31.3 Å². The summed E-state index contributed by atoms with van der Waals surface area (Å²) in [5.41, 5.74) is -1.72. The first-order valence-electron chi connectivity index (χ1n) is 4.30. The Kier molecular flexibility index (Phi) is 1.29. The van der Waals surface area contributed by atoms with Gasteiger partial charge in [0.05, 0.1) is 11.5 Å². The molecule has 0 bridgehead atoms. The van der Waals surface area contributed by atoms with Crippen LogP contribution in [0, 0.1) is 35.0 Å². The largest absolute Gasteiger partial charge is 0.376 e. The molecule has 2 aliphatic carbocycles. The highest BCUT2D eigenvalue weighted by Gasteiger charge is 2.64. The molecule has 1 unspecified atom stereocenters. The van der Waals surface area contributed by atoms with E-state index in [9.17, 15) is 5.11 Å². The molecule has 2 rings (SSSR count). The molecule has 0 radical (unpaired) electrons. The van der Waals surface area contributed by atoms with Crippen molar-refractivity contribution in [3.05, 3.63) is 0 Å². The minimum absolute atomic E-state index is 0.185. The van der Waals surface area contributed by atoms with E-state index in [4.69, 9.17) is 11.7 Å². The Hall–Kier alpha value is -0.990. The molecule has 1 atom stereocenters. The molecule has 0 spiro atoms. The molecule has 0 amide bonds. The van der Waals surface area contributed by atoms with E-state index in [0.29, 0.717) is 0 Å². The van der Waals surface area contributed by atoms with E-state index in [2.05, 4.69) is 12.0 Å². The van der Waals surface area contributed by atoms with Crippen molar-refractivity contribution >= 4 is 0 Å². The fourth-order valence-corrected chi connectivity index (χ4v) is 1.85. The van der Waals surface area contributed by atoms with Gasteiger partial charge in [0, 0.05) is 5.92 Å². The third kappa shape index (κ3) is 0.737. The predicted molar refractivity (Wildman–Crippen MR) is 43.8 cm³/mol. The summed E-state index contributed by atoms with van der Waals surface area (Å²) in [7, 11) is 0. The van der Waals surface area contributed by atoms with Crippen molar-refractivity contribution in [2.75, 3.05) is 0 Å². The molecule has 62 valence electrons. The minimum atomic E-state index is -1.12. The van der Waals surface area contributed by atoms with E-state index >= 15 is 0 Å². The maximum atomic E-state index is 10.1. The number of terminal acetylenes is 1. The van der Waals surface area contributed by atoms with Crippen LogP contribution in [-0.4, -0.2) is 10.7 Å². The number of rotatable bonds is 2. The summed E-state index contributed by atoms with van der Waals surface area (Å²) in [4.78, 5) is 0. The molecular formula is C10H11NO. The number of nitriles is 1. The molecule has 0 saturated heterocycles. The van der Waals surface area contributed by atoms with Gasteiger partial charge in [0.2, 0.25) is 0 Å². The van der Waals surface area contributed by atoms with Gasteiger partial charge in [0.1, 0.15) is 5.60 Å². The van der Waals surface area contributed by atoms with Gasteiger partial charge in [-0.2, -0.15) is 5.26 Å². The predicted octanol–water partition coefficient (Wildman–Crippen LogP) is 1.06. The number of hydrogen-bond donors (Lipinski definition) is 1. The molecule has 1 N–H and O–H groups in total. The van der Waals surface area contributed by atoms with Gasteiger partial charge in [-0.15, -0.1) is 6.42 Å². The zero-order valence-electron chi connectivity index (χ0n) is 6.88. The third-order valence-corrected chi connectivity index (χ3v) is 3.08. The second-order valence-electron chi connectivity index (χ2n) is 3.88. The summed E-state index contributed by atoms with van der Waals surface area (Å²) in [6.45, 7) is 0. The van der Waals surface area contributed by atoms with Crippen LogP contribution in [0.4, 0.5) is 0 Å². The number of aliphatic hydroxyl groups is 1. The van der Waals surface area contributed by atoms with E-state index in [1.165, 1.54) is 0 Å². The molecule has 2 saturated carbocycles. The quantitative estimate of drug-likeness (QED) is 0.615. The van der Waals surface area contributed by atoms with Crippen molar-refractivity contribution < 1.29 is 5.11 Å².